The highest BCUT2D eigenvalue weighted by atomic mass is 32.2. The topological polar surface area (TPSA) is 67.4 Å². The molecule has 0 saturated heterocycles. The summed E-state index contributed by atoms with van der Waals surface area (Å²) in [6, 6.07) is 17.9. The number of ether oxygens (including phenoxy) is 1. The summed E-state index contributed by atoms with van der Waals surface area (Å²) in [5, 5.41) is 4.97. The number of nitrogens with one attached hydrogen (secondary N) is 2. The molecule has 0 unspecified atom stereocenters. The van der Waals surface area contributed by atoms with Crippen LogP contribution in [0, 0.1) is 0 Å². The van der Waals surface area contributed by atoms with Crippen LogP contribution in [0.4, 0.5) is 17.1 Å². The number of rotatable bonds is 6. The van der Waals surface area contributed by atoms with Gasteiger partial charge in [0.1, 0.15) is 9.96 Å². The van der Waals surface area contributed by atoms with Crippen LogP contribution in [-0.4, -0.2) is 15.5 Å². The van der Waals surface area contributed by atoms with Gasteiger partial charge < -0.3 is 10.1 Å². The van der Waals surface area contributed by atoms with Gasteiger partial charge in [-0.2, -0.15) is 0 Å². The van der Waals surface area contributed by atoms with Gasteiger partial charge >= 0.3 is 0 Å². The highest BCUT2D eigenvalue weighted by Crippen LogP contribution is 2.23. The largest absolute Gasteiger partial charge is 0.497 e. The van der Waals surface area contributed by atoms with Crippen LogP contribution in [0.5, 0.6) is 5.75 Å². The quantitative estimate of drug-likeness (QED) is 0.688. The third kappa shape index (κ3) is 3.87. The first kappa shape index (κ1) is 16.4. The zero-order chi connectivity index (χ0) is 17.0. The molecule has 0 radical (unpaired) electrons. The molecular weight excluding hydrogens is 344 g/mol. The van der Waals surface area contributed by atoms with Gasteiger partial charge in [-0.15, -0.1) is 11.3 Å². The third-order valence-corrected chi connectivity index (χ3v) is 6.05. The van der Waals surface area contributed by atoms with Gasteiger partial charge in [-0.3, -0.25) is 4.72 Å². The lowest BCUT2D eigenvalue weighted by Gasteiger charge is -2.09. The summed E-state index contributed by atoms with van der Waals surface area (Å²) in [6.45, 7) is 0. The average molecular weight is 360 g/mol. The van der Waals surface area contributed by atoms with Crippen LogP contribution < -0.4 is 14.8 Å². The lowest BCUT2D eigenvalue weighted by molar-refractivity contribution is 0.415. The van der Waals surface area contributed by atoms with Crippen molar-refractivity contribution in [2.24, 2.45) is 0 Å². The van der Waals surface area contributed by atoms with Gasteiger partial charge in [0.15, 0.2) is 0 Å². The molecule has 2 aromatic carbocycles. The monoisotopic (exact) mass is 360 g/mol. The Balaban J connectivity index is 1.69. The molecule has 0 spiro atoms. The maximum Gasteiger partial charge on any atom is 0.271 e. The van der Waals surface area contributed by atoms with Gasteiger partial charge in [-0.25, -0.2) is 8.42 Å². The van der Waals surface area contributed by atoms with E-state index in [0.29, 0.717) is 9.90 Å². The lowest BCUT2D eigenvalue weighted by atomic mass is 10.2. The summed E-state index contributed by atoms with van der Waals surface area (Å²) >= 11 is 1.18. The van der Waals surface area contributed by atoms with Crippen LogP contribution in [0.2, 0.25) is 0 Å². The van der Waals surface area contributed by atoms with Crippen LogP contribution in [0.1, 0.15) is 0 Å². The SMILES string of the molecule is COc1ccc(Nc2ccc(NS(=O)(=O)c3cccs3)cc2)cc1. The number of anilines is 3. The molecule has 1 heterocycles. The second-order valence-corrected chi connectivity index (χ2v) is 7.83. The smallest absolute Gasteiger partial charge is 0.271 e. The summed E-state index contributed by atoms with van der Waals surface area (Å²) < 4.78 is 32.3. The van der Waals surface area contributed by atoms with Crippen LogP contribution >= 0.6 is 11.3 Å². The van der Waals surface area contributed by atoms with Gasteiger partial charge in [0.2, 0.25) is 0 Å². The van der Waals surface area contributed by atoms with E-state index in [-0.39, 0.29) is 0 Å². The number of benzene rings is 2. The Bertz CT molecular complexity index is 888. The molecule has 7 heteroatoms. The molecule has 124 valence electrons. The van der Waals surface area contributed by atoms with Gasteiger partial charge in [0.05, 0.1) is 7.11 Å². The fraction of sp³-hybridized carbons (Fsp3) is 0.0588. The van der Waals surface area contributed by atoms with E-state index in [1.807, 2.05) is 36.4 Å². The van der Waals surface area contributed by atoms with Crippen LogP contribution in [0.3, 0.4) is 0 Å². The van der Waals surface area contributed by atoms with E-state index in [4.69, 9.17) is 4.74 Å². The van der Waals surface area contributed by atoms with Gasteiger partial charge in [0.25, 0.3) is 10.0 Å². The normalized spacial score (nSPS) is 11.0. The van der Waals surface area contributed by atoms with Crippen molar-refractivity contribution in [3.05, 3.63) is 66.0 Å². The van der Waals surface area contributed by atoms with E-state index in [1.165, 1.54) is 11.3 Å². The molecule has 0 fully saturated rings. The Kier molecular flexibility index (Phi) is 4.73. The second-order valence-electron chi connectivity index (χ2n) is 4.97. The molecular formula is C17H16N2O3S2. The second kappa shape index (κ2) is 6.94. The lowest BCUT2D eigenvalue weighted by Crippen LogP contribution is -2.11. The minimum atomic E-state index is -3.52. The first-order valence-electron chi connectivity index (χ1n) is 7.14. The number of hydrogen-bond donors (Lipinski definition) is 2. The molecule has 24 heavy (non-hydrogen) atoms. The molecule has 0 aliphatic carbocycles. The van der Waals surface area contributed by atoms with Crippen molar-refractivity contribution in [2.75, 3.05) is 17.1 Å². The maximum atomic E-state index is 12.2. The molecule has 2 N–H and O–H groups in total. The van der Waals surface area contributed by atoms with E-state index < -0.39 is 10.0 Å². The van der Waals surface area contributed by atoms with Gasteiger partial charge in [-0.1, -0.05) is 6.07 Å². The summed E-state index contributed by atoms with van der Waals surface area (Å²) in [6.07, 6.45) is 0. The third-order valence-electron chi connectivity index (χ3n) is 3.28. The van der Waals surface area contributed by atoms with Crippen molar-refractivity contribution in [3.8, 4) is 5.75 Å². The fourth-order valence-electron chi connectivity index (χ4n) is 2.08. The van der Waals surface area contributed by atoms with Crippen LogP contribution in [0.15, 0.2) is 70.3 Å². The zero-order valence-corrected chi connectivity index (χ0v) is 14.5. The number of hydrogen-bond acceptors (Lipinski definition) is 5. The first-order chi connectivity index (χ1) is 11.6. The molecule has 0 bridgehead atoms. The van der Waals surface area contributed by atoms with Crippen molar-refractivity contribution in [1.82, 2.24) is 0 Å². The first-order valence-corrected chi connectivity index (χ1v) is 9.50. The summed E-state index contributed by atoms with van der Waals surface area (Å²) in [7, 11) is -1.89. The highest BCUT2D eigenvalue weighted by molar-refractivity contribution is 7.94. The van der Waals surface area contributed by atoms with Gasteiger partial charge in [0, 0.05) is 17.1 Å². The van der Waals surface area contributed by atoms with Crippen LogP contribution in [0.25, 0.3) is 0 Å². The minimum absolute atomic E-state index is 0.294. The standard InChI is InChI=1S/C17H16N2O3S2/c1-22-16-10-8-14(9-11-16)18-13-4-6-15(7-5-13)19-24(20,21)17-3-2-12-23-17/h2-12,18-19H,1H3. The molecule has 0 aliphatic rings. The minimum Gasteiger partial charge on any atom is -0.497 e. The molecule has 1 aromatic heterocycles. The summed E-state index contributed by atoms with van der Waals surface area (Å²) in [5.74, 6) is 0.791. The molecule has 0 atom stereocenters. The van der Waals surface area contributed by atoms with Crippen molar-refractivity contribution < 1.29 is 13.2 Å². The van der Waals surface area contributed by atoms with E-state index in [0.717, 1.165) is 17.1 Å². The molecule has 0 amide bonds. The molecule has 3 aromatic rings. The number of methoxy groups -OCH3 is 1. The highest BCUT2D eigenvalue weighted by Gasteiger charge is 2.14. The molecule has 3 rings (SSSR count). The zero-order valence-electron chi connectivity index (χ0n) is 12.9. The predicted molar refractivity (Wildman–Crippen MR) is 97.8 cm³/mol. The van der Waals surface area contributed by atoms with Crippen molar-refractivity contribution in [3.63, 3.8) is 0 Å². The fourth-order valence-corrected chi connectivity index (χ4v) is 4.14. The Hall–Kier alpha value is -2.51. The Morgan fingerprint density at radius 3 is 2.00 bits per heavy atom. The number of sulfonamides is 1. The Labute approximate surface area is 145 Å². The van der Waals surface area contributed by atoms with Crippen molar-refractivity contribution in [1.29, 1.82) is 0 Å². The predicted octanol–water partition coefficient (Wildman–Crippen LogP) is 4.30. The molecule has 0 aliphatic heterocycles. The summed E-state index contributed by atoms with van der Waals surface area (Å²) in [5.41, 5.74) is 2.30. The van der Waals surface area contributed by atoms with Crippen molar-refractivity contribution >= 4 is 38.4 Å². The van der Waals surface area contributed by atoms with E-state index in [2.05, 4.69) is 10.0 Å². The number of thiophene rings is 1. The van der Waals surface area contributed by atoms with E-state index in [9.17, 15) is 8.42 Å². The van der Waals surface area contributed by atoms with E-state index >= 15 is 0 Å². The van der Waals surface area contributed by atoms with Crippen molar-refractivity contribution in [2.45, 2.75) is 4.21 Å². The maximum absolute atomic E-state index is 12.2. The molecule has 5 nitrogen and oxygen atoms in total. The average Bonchev–Trinajstić information content (AvgIpc) is 3.13. The van der Waals surface area contributed by atoms with E-state index in [1.54, 1.807) is 36.8 Å². The Morgan fingerprint density at radius 2 is 1.46 bits per heavy atom. The van der Waals surface area contributed by atoms with Crippen LogP contribution in [-0.2, 0) is 10.0 Å². The van der Waals surface area contributed by atoms with Gasteiger partial charge in [-0.05, 0) is 60.0 Å². The summed E-state index contributed by atoms with van der Waals surface area (Å²) in [4.78, 5) is 0. The molecule has 0 saturated carbocycles. The Morgan fingerprint density at radius 1 is 0.875 bits per heavy atom.